The number of ether oxygens (including phenoxy) is 3. The summed E-state index contributed by atoms with van der Waals surface area (Å²) in [5.74, 6) is 0.627. The topological polar surface area (TPSA) is 104 Å². The predicted octanol–water partition coefficient (Wildman–Crippen LogP) is 5.34. The summed E-state index contributed by atoms with van der Waals surface area (Å²) in [6.07, 6.45) is 1.41. The molecule has 0 fully saturated rings. The second-order valence-corrected chi connectivity index (χ2v) is 9.16. The summed E-state index contributed by atoms with van der Waals surface area (Å²) in [6.45, 7) is 4.04. The maximum Gasteiger partial charge on any atom is 0.343 e. The fraction of sp³-hybridized carbons (Fsp3) is 0.179. The molecule has 0 aliphatic rings. The van der Waals surface area contributed by atoms with E-state index in [9.17, 15) is 9.59 Å². The molecule has 2 aromatic heterocycles. The number of amides is 1. The van der Waals surface area contributed by atoms with Gasteiger partial charge in [0.25, 0.3) is 0 Å². The quantitative estimate of drug-likeness (QED) is 0.154. The number of esters is 1. The fourth-order valence-electron chi connectivity index (χ4n) is 3.66. The molecule has 0 bridgehead atoms. The molecule has 0 unspecified atom stereocenters. The molecule has 0 atom stereocenters. The molecular weight excluding hydrogens is 554 g/mol. The molecule has 0 spiro atoms. The van der Waals surface area contributed by atoms with Crippen molar-refractivity contribution >= 4 is 34.0 Å². The Kier molecular flexibility index (Phi) is 8.65. The van der Waals surface area contributed by atoms with Gasteiger partial charge in [0.1, 0.15) is 23.9 Å². The highest BCUT2D eigenvalue weighted by molar-refractivity contribution is 9.10. The van der Waals surface area contributed by atoms with Crippen LogP contribution in [0.5, 0.6) is 11.5 Å². The first-order valence-electron chi connectivity index (χ1n) is 11.6. The van der Waals surface area contributed by atoms with Crippen molar-refractivity contribution in [1.82, 2.24) is 9.99 Å². The highest BCUT2D eigenvalue weighted by Gasteiger charge is 2.12. The molecule has 38 heavy (non-hydrogen) atoms. The minimum Gasteiger partial charge on any atom is -0.486 e. The van der Waals surface area contributed by atoms with E-state index in [1.54, 1.807) is 30.3 Å². The largest absolute Gasteiger partial charge is 0.486 e. The Morgan fingerprint density at radius 1 is 1.00 bits per heavy atom. The van der Waals surface area contributed by atoms with Crippen LogP contribution in [0.2, 0.25) is 0 Å². The molecule has 196 valence electrons. The van der Waals surface area contributed by atoms with E-state index in [-0.39, 0.29) is 19.0 Å². The van der Waals surface area contributed by atoms with Gasteiger partial charge >= 0.3 is 11.9 Å². The number of nitrogens with zero attached hydrogens (tertiary/aromatic N) is 2. The first kappa shape index (κ1) is 26.7. The summed E-state index contributed by atoms with van der Waals surface area (Å²) in [7, 11) is 1.28. The summed E-state index contributed by atoms with van der Waals surface area (Å²) >= 11 is 3.38. The average molecular weight is 580 g/mol. The zero-order chi connectivity index (χ0) is 27.1. The Hall–Kier alpha value is -4.31. The Balaban J connectivity index is 1.32. The lowest BCUT2D eigenvalue weighted by atomic mass is 10.2. The molecule has 1 amide bonds. The van der Waals surface area contributed by atoms with Gasteiger partial charge in [-0.25, -0.2) is 10.2 Å². The molecule has 0 saturated carbocycles. The number of carbonyl (C=O) groups excluding carboxylic acids is 2. The van der Waals surface area contributed by atoms with Crippen LogP contribution in [-0.2, 0) is 16.1 Å². The molecule has 0 aliphatic carbocycles. The Morgan fingerprint density at radius 2 is 1.74 bits per heavy atom. The molecule has 4 aromatic rings. The number of aryl methyl sites for hydroxylation is 2. The summed E-state index contributed by atoms with van der Waals surface area (Å²) in [5, 5.41) is 3.98. The van der Waals surface area contributed by atoms with Crippen molar-refractivity contribution < 1.29 is 28.2 Å². The maximum atomic E-state index is 12.5. The third-order valence-electron chi connectivity index (χ3n) is 5.55. The van der Waals surface area contributed by atoms with Crippen LogP contribution in [0, 0.1) is 13.8 Å². The molecule has 4 rings (SSSR count). The first-order valence-corrected chi connectivity index (χ1v) is 12.4. The maximum absolute atomic E-state index is 12.5. The van der Waals surface area contributed by atoms with Crippen LogP contribution in [0.4, 0.5) is 0 Å². The predicted molar refractivity (Wildman–Crippen MR) is 145 cm³/mol. The summed E-state index contributed by atoms with van der Waals surface area (Å²) in [4.78, 5) is 23.8. The minimum atomic E-state index is -0.527. The summed E-state index contributed by atoms with van der Waals surface area (Å²) in [5.41, 5.74) is 6.34. The monoisotopic (exact) mass is 579 g/mol. The zero-order valence-corrected chi connectivity index (χ0v) is 22.7. The number of halogens is 1. The number of rotatable bonds is 10. The molecule has 9 nitrogen and oxygen atoms in total. The van der Waals surface area contributed by atoms with Gasteiger partial charge in [0, 0.05) is 27.1 Å². The third-order valence-corrected chi connectivity index (χ3v) is 6.04. The van der Waals surface area contributed by atoms with Crippen LogP contribution < -0.4 is 14.9 Å². The van der Waals surface area contributed by atoms with E-state index in [4.69, 9.17) is 13.9 Å². The van der Waals surface area contributed by atoms with E-state index in [1.807, 2.05) is 24.3 Å². The van der Waals surface area contributed by atoms with Crippen molar-refractivity contribution in [2.45, 2.75) is 20.5 Å². The van der Waals surface area contributed by atoms with Crippen molar-refractivity contribution in [3.63, 3.8) is 0 Å². The van der Waals surface area contributed by atoms with Crippen molar-refractivity contribution in [2.24, 2.45) is 5.10 Å². The highest BCUT2D eigenvalue weighted by Crippen LogP contribution is 2.23. The van der Waals surface area contributed by atoms with Crippen molar-refractivity contribution in [3.8, 4) is 17.2 Å². The van der Waals surface area contributed by atoms with E-state index >= 15 is 0 Å². The van der Waals surface area contributed by atoms with Gasteiger partial charge in [0.05, 0.1) is 13.3 Å². The van der Waals surface area contributed by atoms with Crippen LogP contribution in [-0.4, -0.2) is 36.4 Å². The molecule has 0 aliphatic heterocycles. The molecule has 0 radical (unpaired) electrons. The smallest absolute Gasteiger partial charge is 0.343 e. The first-order chi connectivity index (χ1) is 18.3. The van der Waals surface area contributed by atoms with Gasteiger partial charge < -0.3 is 23.2 Å². The summed E-state index contributed by atoms with van der Waals surface area (Å²) in [6, 6.07) is 20.3. The number of carbonyl (C=O) groups is 2. The SMILES string of the molecule is COC(=O)COc1ccc(Br)cc1/C=N/NC(=O)c1ccc(COc2ccc(-n3c(C)ccc3C)cc2)o1. The van der Waals surface area contributed by atoms with E-state index in [1.165, 1.54) is 13.3 Å². The van der Waals surface area contributed by atoms with Gasteiger partial charge in [0.15, 0.2) is 12.4 Å². The van der Waals surface area contributed by atoms with Gasteiger partial charge in [-0.3, -0.25) is 4.79 Å². The van der Waals surface area contributed by atoms with Gasteiger partial charge in [-0.05, 0) is 80.6 Å². The standard InChI is InChI=1S/C28H26BrN3O6/c1-18-4-5-19(2)32(18)22-7-9-23(10-8-22)36-16-24-11-13-26(38-24)28(34)31-30-15-20-14-21(29)6-12-25(20)37-17-27(33)35-3/h4-15H,16-17H2,1-3H3,(H,31,34)/b30-15+. The summed E-state index contributed by atoms with van der Waals surface area (Å²) < 4.78 is 24.4. The number of furan rings is 1. The minimum absolute atomic E-state index is 0.0889. The van der Waals surface area contributed by atoms with E-state index in [2.05, 4.69) is 61.7 Å². The second kappa shape index (κ2) is 12.3. The lowest BCUT2D eigenvalue weighted by molar-refractivity contribution is -0.142. The molecule has 10 heteroatoms. The van der Waals surface area contributed by atoms with Gasteiger partial charge in [-0.2, -0.15) is 5.10 Å². The molecular formula is C28H26BrN3O6. The van der Waals surface area contributed by atoms with Gasteiger partial charge in [-0.1, -0.05) is 15.9 Å². The Bertz CT molecular complexity index is 1440. The lowest BCUT2D eigenvalue weighted by Gasteiger charge is -2.10. The fourth-order valence-corrected chi connectivity index (χ4v) is 4.04. The second-order valence-electron chi connectivity index (χ2n) is 8.25. The van der Waals surface area contributed by atoms with Crippen molar-refractivity contribution in [1.29, 1.82) is 0 Å². The number of benzene rings is 2. The molecule has 0 saturated heterocycles. The molecule has 2 heterocycles. The number of aromatic nitrogens is 1. The van der Waals surface area contributed by atoms with E-state index in [0.29, 0.717) is 22.8 Å². The van der Waals surface area contributed by atoms with Crippen LogP contribution in [0.15, 0.2) is 80.7 Å². The normalized spacial score (nSPS) is 10.9. The number of hydrazone groups is 1. The number of hydrogen-bond donors (Lipinski definition) is 1. The van der Waals surface area contributed by atoms with Gasteiger partial charge in [-0.15, -0.1) is 0 Å². The average Bonchev–Trinajstić information content (AvgIpc) is 3.53. The Morgan fingerprint density at radius 3 is 2.45 bits per heavy atom. The number of hydrogen-bond acceptors (Lipinski definition) is 7. The zero-order valence-electron chi connectivity index (χ0n) is 21.1. The van der Waals surface area contributed by atoms with Crippen LogP contribution in [0.25, 0.3) is 5.69 Å². The van der Waals surface area contributed by atoms with Crippen LogP contribution >= 0.6 is 15.9 Å². The van der Waals surface area contributed by atoms with Crippen molar-refractivity contribution in [2.75, 3.05) is 13.7 Å². The number of nitrogens with one attached hydrogen (secondary N) is 1. The number of methoxy groups -OCH3 is 1. The van der Waals surface area contributed by atoms with Gasteiger partial charge in [0.2, 0.25) is 0 Å². The van der Waals surface area contributed by atoms with E-state index in [0.717, 1.165) is 21.5 Å². The van der Waals surface area contributed by atoms with Crippen LogP contribution in [0.1, 0.15) is 33.3 Å². The molecule has 2 aromatic carbocycles. The lowest BCUT2D eigenvalue weighted by Crippen LogP contribution is -2.17. The van der Waals surface area contributed by atoms with E-state index < -0.39 is 11.9 Å². The molecule has 1 N–H and O–H groups in total. The van der Waals surface area contributed by atoms with Crippen molar-refractivity contribution in [3.05, 3.63) is 99.7 Å². The third kappa shape index (κ3) is 6.71. The highest BCUT2D eigenvalue weighted by atomic mass is 79.9. The van der Waals surface area contributed by atoms with Crippen LogP contribution in [0.3, 0.4) is 0 Å². The Labute approximate surface area is 228 Å².